The lowest BCUT2D eigenvalue weighted by molar-refractivity contribution is -0.0816. The van der Waals surface area contributed by atoms with Crippen molar-refractivity contribution >= 4 is 5.82 Å². The highest BCUT2D eigenvalue weighted by atomic mass is 19.1. The third kappa shape index (κ3) is 2.67. The molecule has 10 heteroatoms. The Morgan fingerprint density at radius 1 is 1.68 bits per heavy atom. The van der Waals surface area contributed by atoms with Gasteiger partial charge in [0.2, 0.25) is 0 Å². The minimum Gasteiger partial charge on any atom is -0.391 e. The molecule has 0 amide bonds. The van der Waals surface area contributed by atoms with E-state index in [1.165, 1.54) is 6.92 Å². The lowest BCUT2D eigenvalue weighted by atomic mass is 9.90. The fourth-order valence-electron chi connectivity index (χ4n) is 2.24. The van der Waals surface area contributed by atoms with Gasteiger partial charge in [0.1, 0.15) is 24.7 Å². The number of rotatable bonds is 2. The first kappa shape index (κ1) is 16.3. The van der Waals surface area contributed by atoms with Gasteiger partial charge >= 0.3 is 5.69 Å². The molecular formula is C12H16FN5O4. The molecule has 1 fully saturated rings. The highest BCUT2D eigenvalue weighted by Crippen LogP contribution is 2.36. The van der Waals surface area contributed by atoms with Gasteiger partial charge in [0, 0.05) is 0 Å². The zero-order chi connectivity index (χ0) is 16.5. The van der Waals surface area contributed by atoms with Crippen LogP contribution in [-0.2, 0) is 4.74 Å². The van der Waals surface area contributed by atoms with E-state index in [1.807, 2.05) is 0 Å². The second kappa shape index (κ2) is 5.98. The number of hydrogen-bond donors (Lipinski definition) is 4. The molecule has 1 aromatic heterocycles. The van der Waals surface area contributed by atoms with Crippen LogP contribution in [0.3, 0.4) is 0 Å². The molecule has 0 saturated carbocycles. The number of anilines is 1. The van der Waals surface area contributed by atoms with Gasteiger partial charge in [0.15, 0.2) is 11.8 Å². The molecule has 1 aromatic rings. The maximum Gasteiger partial charge on any atom is 0.368 e. The lowest BCUT2D eigenvalue weighted by Gasteiger charge is -2.27. The van der Waals surface area contributed by atoms with Crippen molar-refractivity contribution in [1.29, 1.82) is 0 Å². The highest BCUT2D eigenvalue weighted by Gasteiger charge is 2.56. The highest BCUT2D eigenvalue weighted by molar-refractivity contribution is 5.26. The Labute approximate surface area is 124 Å². The summed E-state index contributed by atoms with van der Waals surface area (Å²) in [5.74, 6) is 4.33. The van der Waals surface area contributed by atoms with E-state index in [2.05, 4.69) is 21.9 Å². The van der Waals surface area contributed by atoms with Crippen molar-refractivity contribution in [2.45, 2.75) is 37.0 Å². The fraction of sp³-hybridized carbons (Fsp3) is 0.583. The summed E-state index contributed by atoms with van der Waals surface area (Å²) in [7, 11) is 0. The summed E-state index contributed by atoms with van der Waals surface area (Å²) in [6, 6.07) is 0. The summed E-state index contributed by atoms with van der Waals surface area (Å²) in [5, 5.41) is 23.7. The van der Waals surface area contributed by atoms with Gasteiger partial charge in [-0.05, 0) is 6.92 Å². The topological polar surface area (TPSA) is 150 Å². The number of aliphatic hydroxyl groups is 2. The second-order valence-corrected chi connectivity index (χ2v) is 4.92. The van der Waals surface area contributed by atoms with Crippen LogP contribution in [0.4, 0.5) is 10.2 Å². The van der Waals surface area contributed by atoms with Crippen LogP contribution in [0.15, 0.2) is 11.0 Å². The first-order valence-electron chi connectivity index (χ1n) is 6.39. The molecule has 9 nitrogen and oxygen atoms in total. The van der Waals surface area contributed by atoms with Crippen LogP contribution in [0.2, 0.25) is 0 Å². The first-order valence-corrected chi connectivity index (χ1v) is 6.39. The van der Waals surface area contributed by atoms with Crippen molar-refractivity contribution in [3.63, 3.8) is 0 Å². The summed E-state index contributed by atoms with van der Waals surface area (Å²) in [6.07, 6.45) is -3.97. The van der Waals surface area contributed by atoms with Crippen molar-refractivity contribution in [1.82, 2.24) is 14.8 Å². The Morgan fingerprint density at radius 3 is 2.91 bits per heavy atom. The SMILES string of the molecule is C[C@@H](O)[C@H]1O[C@@H](n2ncc(N)nc2=O)C(N)(C#CCF)[C@H]1O. The Morgan fingerprint density at radius 2 is 2.36 bits per heavy atom. The van der Waals surface area contributed by atoms with E-state index in [1.54, 1.807) is 0 Å². The van der Waals surface area contributed by atoms with Gasteiger partial charge in [0.05, 0.1) is 12.3 Å². The fourth-order valence-corrected chi connectivity index (χ4v) is 2.24. The normalized spacial score (nSPS) is 32.3. The number of aromatic nitrogens is 3. The molecule has 1 aliphatic rings. The zero-order valence-corrected chi connectivity index (χ0v) is 11.7. The monoisotopic (exact) mass is 313 g/mol. The van der Waals surface area contributed by atoms with Crippen LogP contribution in [0, 0.1) is 11.8 Å². The molecule has 0 bridgehead atoms. The Bertz CT molecular complexity index is 669. The van der Waals surface area contributed by atoms with Gasteiger partial charge in [-0.3, -0.25) is 0 Å². The van der Waals surface area contributed by atoms with Crippen LogP contribution >= 0.6 is 0 Å². The summed E-state index contributed by atoms with van der Waals surface area (Å²) in [6.45, 7) is 0.372. The van der Waals surface area contributed by atoms with E-state index in [0.717, 1.165) is 10.9 Å². The second-order valence-electron chi connectivity index (χ2n) is 4.92. The van der Waals surface area contributed by atoms with Crippen LogP contribution in [0.25, 0.3) is 0 Å². The molecule has 1 unspecified atom stereocenters. The number of ether oxygens (including phenoxy) is 1. The van der Waals surface area contributed by atoms with Crippen molar-refractivity contribution in [3.8, 4) is 11.8 Å². The third-order valence-electron chi connectivity index (χ3n) is 3.30. The average molecular weight is 313 g/mol. The number of hydrogen-bond acceptors (Lipinski definition) is 8. The average Bonchev–Trinajstić information content (AvgIpc) is 2.70. The number of nitrogen functional groups attached to an aromatic ring is 1. The van der Waals surface area contributed by atoms with Gasteiger partial charge in [-0.2, -0.15) is 14.8 Å². The van der Waals surface area contributed by atoms with Crippen LogP contribution in [-0.4, -0.2) is 55.5 Å². The predicted octanol–water partition coefficient (Wildman–Crippen LogP) is -2.47. The van der Waals surface area contributed by atoms with Crippen LogP contribution in [0.5, 0.6) is 0 Å². The zero-order valence-electron chi connectivity index (χ0n) is 11.7. The molecule has 1 aliphatic heterocycles. The molecule has 1 saturated heterocycles. The van der Waals surface area contributed by atoms with E-state index in [-0.39, 0.29) is 5.82 Å². The molecule has 0 aliphatic carbocycles. The van der Waals surface area contributed by atoms with Crippen LogP contribution < -0.4 is 17.2 Å². The summed E-state index contributed by atoms with van der Waals surface area (Å²) in [4.78, 5) is 15.4. The van der Waals surface area contributed by atoms with Crippen molar-refractivity contribution in [3.05, 3.63) is 16.7 Å². The van der Waals surface area contributed by atoms with E-state index in [9.17, 15) is 19.4 Å². The summed E-state index contributed by atoms with van der Waals surface area (Å²) in [5.41, 5.74) is 8.65. The predicted molar refractivity (Wildman–Crippen MR) is 73.0 cm³/mol. The molecule has 2 heterocycles. The smallest absolute Gasteiger partial charge is 0.368 e. The minimum absolute atomic E-state index is 0.107. The van der Waals surface area contributed by atoms with E-state index < -0.39 is 42.4 Å². The molecule has 5 atom stereocenters. The summed E-state index contributed by atoms with van der Waals surface area (Å²) < 4.78 is 18.5. The number of nitrogens with two attached hydrogens (primary N) is 2. The molecule has 0 radical (unpaired) electrons. The number of alkyl halides is 1. The van der Waals surface area contributed by atoms with Crippen molar-refractivity contribution < 1.29 is 19.3 Å². The first-order chi connectivity index (χ1) is 10.3. The number of nitrogens with zero attached hydrogens (tertiary/aromatic N) is 3. The molecule has 120 valence electrons. The van der Waals surface area contributed by atoms with Gasteiger partial charge < -0.3 is 26.4 Å². The number of aliphatic hydroxyl groups excluding tert-OH is 2. The Kier molecular flexibility index (Phi) is 4.43. The maximum atomic E-state index is 12.3. The maximum absolute atomic E-state index is 12.3. The van der Waals surface area contributed by atoms with Crippen molar-refractivity contribution in [2.75, 3.05) is 12.4 Å². The van der Waals surface area contributed by atoms with E-state index in [0.29, 0.717) is 0 Å². The Hall–Kier alpha value is -2.06. The van der Waals surface area contributed by atoms with Crippen molar-refractivity contribution in [2.24, 2.45) is 5.73 Å². The third-order valence-corrected chi connectivity index (χ3v) is 3.30. The van der Waals surface area contributed by atoms with Crippen LogP contribution in [0.1, 0.15) is 13.2 Å². The lowest BCUT2D eigenvalue weighted by Crippen LogP contribution is -2.56. The molecule has 0 spiro atoms. The molecule has 2 rings (SSSR count). The summed E-state index contributed by atoms with van der Waals surface area (Å²) >= 11 is 0. The largest absolute Gasteiger partial charge is 0.391 e. The van der Waals surface area contributed by atoms with E-state index in [4.69, 9.17) is 16.2 Å². The minimum atomic E-state index is -1.84. The van der Waals surface area contributed by atoms with Gasteiger partial charge in [-0.1, -0.05) is 11.8 Å². The standard InChI is InChI=1S/C12H16FN5O4/c1-6(19)8-9(20)12(15,3-2-4-13)10(22-8)18-11(21)17-7(14)5-16-18/h5-6,8-10,19-20H,4,15H2,1H3,(H2,14,17,21)/t6-,8-,9+,10-,12?/m1/s1. The molecule has 6 N–H and O–H groups in total. The number of halogens is 1. The van der Waals surface area contributed by atoms with E-state index >= 15 is 0 Å². The molecule has 22 heavy (non-hydrogen) atoms. The quantitative estimate of drug-likeness (QED) is 0.439. The molecule has 0 aromatic carbocycles. The Balaban J connectivity index is 2.53. The van der Waals surface area contributed by atoms with Gasteiger partial charge in [0.25, 0.3) is 0 Å². The molecular weight excluding hydrogens is 297 g/mol. The van der Waals surface area contributed by atoms with Gasteiger partial charge in [-0.15, -0.1) is 0 Å². The van der Waals surface area contributed by atoms with Gasteiger partial charge in [-0.25, -0.2) is 9.18 Å².